The number of hydrogen-bond donors (Lipinski definition) is 1. The topological polar surface area (TPSA) is 101 Å². The molecule has 0 aromatic heterocycles. The number of likely N-dealkylation sites (tertiary alicyclic amines) is 1. The number of fused-ring (bicyclic) bond motifs is 3. The normalized spacial score (nSPS) is 23.0. The molecule has 0 bridgehead atoms. The van der Waals surface area contributed by atoms with Gasteiger partial charge in [-0.05, 0) is 35.1 Å². The summed E-state index contributed by atoms with van der Waals surface area (Å²) in [5, 5.41) is 9.53. The van der Waals surface area contributed by atoms with Crippen molar-refractivity contribution in [2.45, 2.75) is 18.8 Å². The minimum atomic E-state index is -3.38. The smallest absolute Gasteiger partial charge is 0.409 e. The first-order valence-corrected chi connectivity index (χ1v) is 12.6. The lowest BCUT2D eigenvalue weighted by molar-refractivity contribution is -0.145. The van der Waals surface area contributed by atoms with Gasteiger partial charge in [-0.25, -0.2) is 13.2 Å². The van der Waals surface area contributed by atoms with E-state index < -0.39 is 33.2 Å². The summed E-state index contributed by atoms with van der Waals surface area (Å²) in [6.45, 7) is 0.826. The molecular weight excluding hydrogens is 430 g/mol. The van der Waals surface area contributed by atoms with Gasteiger partial charge in [0.05, 0.1) is 17.4 Å². The molecule has 2 heterocycles. The van der Waals surface area contributed by atoms with E-state index in [9.17, 15) is 23.1 Å². The average Bonchev–Trinajstić information content (AvgIpc) is 3.24. The van der Waals surface area contributed by atoms with Crippen LogP contribution in [-0.4, -0.2) is 61.7 Å². The van der Waals surface area contributed by atoms with Crippen molar-refractivity contribution in [3.05, 3.63) is 59.7 Å². The van der Waals surface area contributed by atoms with Crippen molar-refractivity contribution in [1.82, 2.24) is 4.90 Å². The van der Waals surface area contributed by atoms with E-state index in [1.165, 1.54) is 0 Å². The monoisotopic (exact) mass is 455 g/mol. The fourth-order valence-corrected chi connectivity index (χ4v) is 8.16. The first-order valence-electron chi connectivity index (χ1n) is 10.8. The Morgan fingerprint density at radius 2 is 1.56 bits per heavy atom. The number of rotatable bonds is 3. The number of carboxylic acid groups (broad SMARTS) is 1. The van der Waals surface area contributed by atoms with Crippen LogP contribution >= 0.6 is 0 Å². The summed E-state index contributed by atoms with van der Waals surface area (Å²) in [5.74, 6) is -2.43. The molecule has 168 valence electrons. The van der Waals surface area contributed by atoms with E-state index in [-0.39, 0.29) is 24.0 Å². The first kappa shape index (κ1) is 21.0. The SMILES string of the molecule is O=C(O)C1CS(=O)(=O)CC12CCN(C(=O)OCC1c3ccccc3-c3ccccc31)CC2. The van der Waals surface area contributed by atoms with Crippen LogP contribution < -0.4 is 0 Å². The van der Waals surface area contributed by atoms with Gasteiger partial charge in [-0.1, -0.05) is 48.5 Å². The summed E-state index contributed by atoms with van der Waals surface area (Å²) >= 11 is 0. The van der Waals surface area contributed by atoms with Crippen molar-refractivity contribution in [1.29, 1.82) is 0 Å². The quantitative estimate of drug-likeness (QED) is 0.763. The van der Waals surface area contributed by atoms with Crippen molar-refractivity contribution >= 4 is 21.9 Å². The third-order valence-corrected chi connectivity index (χ3v) is 9.17. The molecule has 1 unspecified atom stereocenters. The summed E-state index contributed by atoms with van der Waals surface area (Å²) in [6.07, 6.45) is 0.273. The van der Waals surface area contributed by atoms with Gasteiger partial charge in [0.15, 0.2) is 9.84 Å². The number of nitrogens with zero attached hydrogens (tertiary/aromatic N) is 1. The summed E-state index contributed by atoms with van der Waals surface area (Å²) in [6, 6.07) is 16.2. The predicted molar refractivity (Wildman–Crippen MR) is 118 cm³/mol. The highest BCUT2D eigenvalue weighted by atomic mass is 32.2. The van der Waals surface area contributed by atoms with Crippen molar-refractivity contribution in [2.75, 3.05) is 31.2 Å². The van der Waals surface area contributed by atoms with Crippen LogP contribution in [0.15, 0.2) is 48.5 Å². The van der Waals surface area contributed by atoms with Crippen molar-refractivity contribution in [2.24, 2.45) is 11.3 Å². The van der Waals surface area contributed by atoms with Crippen LogP contribution in [0.2, 0.25) is 0 Å². The Morgan fingerprint density at radius 1 is 1.00 bits per heavy atom. The molecule has 8 heteroatoms. The van der Waals surface area contributed by atoms with E-state index in [0.717, 1.165) is 22.3 Å². The number of hydrogen-bond acceptors (Lipinski definition) is 5. The van der Waals surface area contributed by atoms with Crippen LogP contribution in [0.1, 0.15) is 29.9 Å². The van der Waals surface area contributed by atoms with Crippen LogP contribution in [0.3, 0.4) is 0 Å². The highest BCUT2D eigenvalue weighted by molar-refractivity contribution is 7.91. The number of piperidine rings is 1. The lowest BCUT2D eigenvalue weighted by Gasteiger charge is -2.40. The van der Waals surface area contributed by atoms with E-state index in [4.69, 9.17) is 4.74 Å². The average molecular weight is 456 g/mol. The van der Waals surface area contributed by atoms with Gasteiger partial charge >= 0.3 is 12.1 Å². The van der Waals surface area contributed by atoms with Crippen molar-refractivity contribution in [3.8, 4) is 11.1 Å². The van der Waals surface area contributed by atoms with Crippen LogP contribution in [0.5, 0.6) is 0 Å². The van der Waals surface area contributed by atoms with Crippen LogP contribution in [0, 0.1) is 11.3 Å². The number of carboxylic acids is 1. The van der Waals surface area contributed by atoms with Crippen LogP contribution in [0.25, 0.3) is 11.1 Å². The van der Waals surface area contributed by atoms with Gasteiger partial charge in [0.25, 0.3) is 0 Å². The number of amides is 1. The molecule has 7 nitrogen and oxygen atoms in total. The molecule has 0 radical (unpaired) electrons. The molecule has 3 aliphatic rings. The third kappa shape index (κ3) is 3.46. The molecule has 1 spiro atoms. The number of aliphatic carboxylic acids is 1. The molecule has 2 aromatic rings. The summed E-state index contributed by atoms with van der Waals surface area (Å²) in [4.78, 5) is 26.0. The van der Waals surface area contributed by atoms with Crippen LogP contribution in [-0.2, 0) is 19.4 Å². The highest BCUT2D eigenvalue weighted by Crippen LogP contribution is 2.47. The van der Waals surface area contributed by atoms with E-state index in [2.05, 4.69) is 24.3 Å². The van der Waals surface area contributed by atoms with Crippen LogP contribution in [0.4, 0.5) is 4.79 Å². The Labute approximate surface area is 186 Å². The second-order valence-corrected chi connectivity index (χ2v) is 11.2. The van der Waals surface area contributed by atoms with Gasteiger partial charge in [-0.2, -0.15) is 0 Å². The van der Waals surface area contributed by atoms with Gasteiger partial charge < -0.3 is 14.7 Å². The standard InChI is InChI=1S/C24H25NO6S/c26-22(27)21-14-32(29,30)15-24(21)9-11-25(12-10-24)23(28)31-13-20-18-7-3-1-5-16(18)17-6-2-4-8-19(17)20/h1-8,20-21H,9-15H2,(H,26,27). The number of carbonyl (C=O) groups is 2. The summed E-state index contributed by atoms with van der Waals surface area (Å²) in [7, 11) is -3.38. The zero-order valence-corrected chi connectivity index (χ0v) is 18.4. The molecule has 2 aromatic carbocycles. The maximum absolute atomic E-state index is 12.8. The van der Waals surface area contributed by atoms with Gasteiger partial charge in [0.2, 0.25) is 0 Å². The molecule has 1 N–H and O–H groups in total. The fraction of sp³-hybridized carbons (Fsp3) is 0.417. The largest absolute Gasteiger partial charge is 0.481 e. The Hall–Kier alpha value is -2.87. The fourth-order valence-electron chi connectivity index (χ4n) is 5.67. The second-order valence-electron chi connectivity index (χ2n) is 9.10. The second kappa shape index (κ2) is 7.62. The number of sulfone groups is 1. The molecule has 1 aliphatic carbocycles. The van der Waals surface area contributed by atoms with E-state index >= 15 is 0 Å². The van der Waals surface area contributed by atoms with Gasteiger partial charge in [-0.3, -0.25) is 4.79 Å². The van der Waals surface area contributed by atoms with Gasteiger partial charge in [-0.15, -0.1) is 0 Å². The Balaban J connectivity index is 1.26. The molecule has 0 saturated carbocycles. The highest BCUT2D eigenvalue weighted by Gasteiger charge is 2.55. The maximum atomic E-state index is 12.8. The van der Waals surface area contributed by atoms with E-state index in [1.54, 1.807) is 4.90 Å². The Bertz CT molecular complexity index is 1140. The first-order chi connectivity index (χ1) is 15.3. The van der Waals surface area contributed by atoms with E-state index in [0.29, 0.717) is 25.9 Å². The molecule has 2 aliphatic heterocycles. The predicted octanol–water partition coefficient (Wildman–Crippen LogP) is 3.15. The zero-order valence-electron chi connectivity index (χ0n) is 17.6. The molecule has 2 saturated heterocycles. The number of ether oxygens (including phenoxy) is 1. The lowest BCUT2D eigenvalue weighted by Crippen LogP contribution is -2.48. The molecule has 1 atom stereocenters. The Morgan fingerprint density at radius 3 is 2.12 bits per heavy atom. The molecule has 2 fully saturated rings. The maximum Gasteiger partial charge on any atom is 0.409 e. The summed E-state index contributed by atoms with van der Waals surface area (Å²) < 4.78 is 29.9. The van der Waals surface area contributed by atoms with Gasteiger partial charge in [0.1, 0.15) is 6.61 Å². The minimum Gasteiger partial charge on any atom is -0.481 e. The number of benzene rings is 2. The summed E-state index contributed by atoms with van der Waals surface area (Å²) in [5.41, 5.74) is 3.81. The van der Waals surface area contributed by atoms with Gasteiger partial charge in [0, 0.05) is 24.4 Å². The minimum absolute atomic E-state index is 0.0288. The number of carbonyl (C=O) groups excluding carboxylic acids is 1. The van der Waals surface area contributed by atoms with Crippen molar-refractivity contribution in [3.63, 3.8) is 0 Å². The molecular formula is C24H25NO6S. The van der Waals surface area contributed by atoms with E-state index in [1.807, 2.05) is 24.3 Å². The van der Waals surface area contributed by atoms with Crippen molar-refractivity contribution < 1.29 is 27.9 Å². The molecule has 32 heavy (non-hydrogen) atoms. The molecule has 5 rings (SSSR count). The molecule has 1 amide bonds. The third-order valence-electron chi connectivity index (χ3n) is 7.32. The lowest BCUT2D eigenvalue weighted by atomic mass is 9.71. The zero-order chi connectivity index (χ0) is 22.5. The Kier molecular flexibility index (Phi) is 5.00.